The molecule has 2 N–H and O–H groups in total. The molecule has 0 aromatic heterocycles. The van der Waals surface area contributed by atoms with E-state index in [9.17, 15) is 23.4 Å². The van der Waals surface area contributed by atoms with E-state index in [1.165, 1.54) is 12.3 Å². The minimum absolute atomic E-state index is 0.0571. The normalized spacial score (nSPS) is 45.4. The first kappa shape index (κ1) is 35.4. The molecule has 6 fully saturated rings. The van der Waals surface area contributed by atoms with Gasteiger partial charge >= 0.3 is 0 Å². The summed E-state index contributed by atoms with van der Waals surface area (Å²) >= 11 is 6.46. The van der Waals surface area contributed by atoms with Gasteiger partial charge in [-0.05, 0) is 117 Å². The Balaban J connectivity index is 1.18. The van der Waals surface area contributed by atoms with E-state index >= 15 is 4.39 Å². The van der Waals surface area contributed by atoms with Gasteiger partial charge in [-0.15, -0.1) is 0 Å². The second-order valence-electron chi connectivity index (χ2n) is 18.9. The summed E-state index contributed by atoms with van der Waals surface area (Å²) in [4.78, 5) is 14.7. The van der Waals surface area contributed by atoms with Crippen molar-refractivity contribution in [2.75, 3.05) is 19.3 Å². The van der Waals surface area contributed by atoms with E-state index in [2.05, 4.69) is 45.9 Å². The van der Waals surface area contributed by atoms with Crippen LogP contribution in [0.4, 0.5) is 4.39 Å². The third-order valence-electron chi connectivity index (χ3n) is 16.8. The van der Waals surface area contributed by atoms with Crippen LogP contribution < -0.4 is 0 Å². The number of nitrogens with zero attached hydrogens (tertiary/aromatic N) is 1. The van der Waals surface area contributed by atoms with Gasteiger partial charge in [-0.2, -0.15) is 4.31 Å². The van der Waals surface area contributed by atoms with Gasteiger partial charge in [0.2, 0.25) is 10.0 Å². The Hall–Kier alpha value is -1.58. The Kier molecular flexibility index (Phi) is 7.96. The molecule has 6 nitrogen and oxygen atoms in total. The van der Waals surface area contributed by atoms with Gasteiger partial charge in [-0.3, -0.25) is 4.79 Å². The van der Waals surface area contributed by atoms with Crippen molar-refractivity contribution in [2.45, 2.75) is 110 Å². The average molecular weight is 728 g/mol. The molecule has 2 spiro atoms. The zero-order valence-electron chi connectivity index (χ0n) is 30.4. The van der Waals surface area contributed by atoms with Gasteiger partial charge in [0.15, 0.2) is 5.78 Å². The molecule has 0 heterocycles. The van der Waals surface area contributed by atoms with Gasteiger partial charge in [-0.1, -0.05) is 63.6 Å². The van der Waals surface area contributed by atoms with Crippen LogP contribution in [-0.2, 0) is 21.2 Å². The lowest BCUT2D eigenvalue weighted by Gasteiger charge is -2.71. The highest BCUT2D eigenvalue weighted by atomic mass is 35.5. The number of ketones is 1. The summed E-state index contributed by atoms with van der Waals surface area (Å²) in [5.74, 6) is 0.795. The van der Waals surface area contributed by atoms with Gasteiger partial charge in [0.25, 0.3) is 0 Å². The van der Waals surface area contributed by atoms with E-state index < -0.39 is 43.8 Å². The first-order chi connectivity index (χ1) is 23.3. The van der Waals surface area contributed by atoms with Crippen LogP contribution >= 0.6 is 11.6 Å². The minimum Gasteiger partial charge on any atom is -0.393 e. The summed E-state index contributed by atoms with van der Waals surface area (Å²) in [7, 11) is -3.61. The molecule has 9 aliphatic rings. The molecule has 9 heteroatoms. The van der Waals surface area contributed by atoms with E-state index in [1.54, 1.807) is 16.4 Å². The Morgan fingerprint density at radius 1 is 1.00 bits per heavy atom. The van der Waals surface area contributed by atoms with Crippen molar-refractivity contribution in [3.05, 3.63) is 58.4 Å². The van der Waals surface area contributed by atoms with Gasteiger partial charge < -0.3 is 10.2 Å². The fourth-order valence-electron chi connectivity index (χ4n) is 13.7. The molecule has 0 aliphatic heterocycles. The van der Waals surface area contributed by atoms with Crippen LogP contribution in [0.25, 0.3) is 0 Å². The summed E-state index contributed by atoms with van der Waals surface area (Å²) in [5, 5.41) is 24.1. The van der Waals surface area contributed by atoms with Crippen LogP contribution in [0, 0.1) is 62.5 Å². The second-order valence-corrected chi connectivity index (χ2v) is 21.3. The molecular formula is C41H55ClFNO5S. The molecule has 1 aromatic rings. The highest BCUT2D eigenvalue weighted by Crippen LogP contribution is 2.78. The first-order valence-corrected chi connectivity index (χ1v) is 21.3. The van der Waals surface area contributed by atoms with Gasteiger partial charge in [0, 0.05) is 51.9 Å². The Bertz CT molecular complexity index is 1770. The molecule has 11 unspecified atom stereocenters. The number of hydrogen-bond donors (Lipinski definition) is 2. The molecule has 1 aromatic carbocycles. The summed E-state index contributed by atoms with van der Waals surface area (Å²) < 4.78 is 43.7. The van der Waals surface area contributed by atoms with E-state index in [-0.39, 0.29) is 57.9 Å². The number of hydrogen-bond acceptors (Lipinski definition) is 5. The lowest BCUT2D eigenvalue weighted by molar-refractivity contribution is -0.177. The molecule has 0 saturated heterocycles. The molecule has 6 saturated carbocycles. The topological polar surface area (TPSA) is 94.9 Å². The zero-order chi connectivity index (χ0) is 35.9. The number of aliphatic hydroxyl groups excluding tert-OH is 1. The number of carbonyl (C=O) groups is 1. The van der Waals surface area contributed by atoms with Crippen molar-refractivity contribution >= 4 is 27.4 Å². The van der Waals surface area contributed by atoms with E-state index in [0.717, 1.165) is 44.4 Å². The number of allylic oxidation sites excluding steroid dienone is 4. The van der Waals surface area contributed by atoms with Crippen LogP contribution in [-0.4, -0.2) is 59.8 Å². The standard InChI is InChI=1S/C41H55ClFNO5S/c1-36(2)26-10-9-25(29(36)19-26)23-44(50(5,48)49)24-40(47)16-13-35-38(40,4)15-12-34-37(3)14-11-27(45)21-39(37)17-18-41(34,35)30(22-39)33(46)20-28-31(42)7-6-8-32(28)43/h6-8,17-18,22,25-27,29,34-35,45,47H,9-16,19-21,23-24H2,1-5H3. The summed E-state index contributed by atoms with van der Waals surface area (Å²) in [5.41, 5.74) is -2.25. The predicted octanol–water partition coefficient (Wildman–Crippen LogP) is 7.52. The average Bonchev–Trinajstić information content (AvgIpc) is 3.32. The largest absolute Gasteiger partial charge is 0.393 e. The van der Waals surface area contributed by atoms with Crippen LogP contribution in [0.3, 0.4) is 0 Å². The lowest BCUT2D eigenvalue weighted by Crippen LogP contribution is -2.67. The lowest BCUT2D eigenvalue weighted by atomic mass is 9.32. The Labute approximate surface area is 303 Å². The minimum atomic E-state index is -3.61. The molecule has 0 radical (unpaired) electrons. The Morgan fingerprint density at radius 3 is 2.38 bits per heavy atom. The number of sulfonamides is 1. The highest BCUT2D eigenvalue weighted by molar-refractivity contribution is 7.88. The summed E-state index contributed by atoms with van der Waals surface area (Å²) in [6.07, 6.45) is 15.3. The van der Waals surface area contributed by atoms with E-state index in [0.29, 0.717) is 43.7 Å². The fraction of sp³-hybridized carbons (Fsp3) is 0.732. The predicted molar refractivity (Wildman–Crippen MR) is 193 cm³/mol. The maximum Gasteiger partial charge on any atom is 0.211 e. The van der Waals surface area contributed by atoms with Gasteiger partial charge in [-0.25, -0.2) is 12.8 Å². The van der Waals surface area contributed by atoms with Crippen molar-refractivity contribution < 1.29 is 27.8 Å². The number of benzene rings is 1. The van der Waals surface area contributed by atoms with Crippen molar-refractivity contribution in [1.29, 1.82) is 0 Å². The zero-order valence-corrected chi connectivity index (χ0v) is 31.9. The fourth-order valence-corrected chi connectivity index (χ4v) is 14.8. The highest BCUT2D eigenvalue weighted by Gasteiger charge is 2.74. The molecule has 4 bridgehead atoms. The third-order valence-corrected chi connectivity index (χ3v) is 18.3. The molecule has 9 aliphatic carbocycles. The maximum atomic E-state index is 15.1. The summed E-state index contributed by atoms with van der Waals surface area (Å²) in [6.45, 7) is 9.62. The number of fused-ring (bicyclic) bond motifs is 3. The number of rotatable bonds is 8. The number of halogens is 2. The van der Waals surface area contributed by atoms with Gasteiger partial charge in [0.05, 0.1) is 18.0 Å². The van der Waals surface area contributed by atoms with E-state index in [1.807, 2.05) is 0 Å². The first-order valence-electron chi connectivity index (χ1n) is 19.1. The third kappa shape index (κ3) is 4.66. The number of carbonyl (C=O) groups excluding carboxylic acids is 1. The van der Waals surface area contributed by atoms with Gasteiger partial charge in [0.1, 0.15) is 5.82 Å². The van der Waals surface area contributed by atoms with Crippen molar-refractivity contribution in [3.63, 3.8) is 0 Å². The van der Waals surface area contributed by atoms with Crippen molar-refractivity contribution in [2.24, 2.45) is 56.7 Å². The van der Waals surface area contributed by atoms with Crippen molar-refractivity contribution in [3.8, 4) is 0 Å². The number of Topliss-reactive ketones (excluding diaryl/α,β-unsaturated/α-hetero) is 1. The molecule has 11 atom stereocenters. The van der Waals surface area contributed by atoms with Crippen molar-refractivity contribution in [1.82, 2.24) is 4.31 Å². The summed E-state index contributed by atoms with van der Waals surface area (Å²) in [6, 6.07) is 4.50. The second kappa shape index (κ2) is 11.2. The maximum absolute atomic E-state index is 15.1. The van der Waals surface area contributed by atoms with Crippen LogP contribution in [0.15, 0.2) is 42.0 Å². The monoisotopic (exact) mass is 727 g/mol. The molecule has 274 valence electrons. The van der Waals surface area contributed by atoms with Crippen LogP contribution in [0.5, 0.6) is 0 Å². The SMILES string of the molecule is CC1(C)C2CCC(CN(CC3(O)CCC4C56C=CC7(C=C5C(=O)Cc5c(F)cccc5Cl)CC(O)CCC7(C)C6CCC43C)S(C)(=O)=O)C1C2. The molecule has 50 heavy (non-hydrogen) atoms. The quantitative estimate of drug-likeness (QED) is 0.271. The smallest absolute Gasteiger partial charge is 0.211 e. The Morgan fingerprint density at radius 2 is 1.70 bits per heavy atom. The van der Waals surface area contributed by atoms with Crippen LogP contribution in [0.1, 0.15) is 97.5 Å². The van der Waals surface area contributed by atoms with Crippen LogP contribution in [0.2, 0.25) is 5.02 Å². The molecule has 0 amide bonds. The van der Waals surface area contributed by atoms with E-state index in [4.69, 9.17) is 11.6 Å². The molecular weight excluding hydrogens is 673 g/mol. The number of aliphatic hydroxyl groups is 2. The molecule has 10 rings (SSSR count).